The Bertz CT molecular complexity index is 383. The molecule has 1 saturated heterocycles. The molecule has 2 heterocycles. The lowest BCUT2D eigenvalue weighted by molar-refractivity contribution is -0.123. The van der Waals surface area contributed by atoms with E-state index in [2.05, 4.69) is 15.6 Å². The molecular formula is C12H17N3O2. The predicted molar refractivity (Wildman–Crippen MR) is 63.2 cm³/mol. The molecule has 1 aliphatic heterocycles. The zero-order valence-corrected chi connectivity index (χ0v) is 9.76. The fourth-order valence-electron chi connectivity index (χ4n) is 1.94. The summed E-state index contributed by atoms with van der Waals surface area (Å²) in [6.45, 7) is 2.38. The number of nitrogens with zero attached hydrogens (tertiary/aromatic N) is 1. The molecule has 1 aromatic heterocycles. The Morgan fingerprint density at radius 3 is 3.06 bits per heavy atom. The van der Waals surface area contributed by atoms with E-state index in [9.17, 15) is 9.90 Å². The smallest absolute Gasteiger partial charge is 0.237 e. The third kappa shape index (κ3) is 3.01. The molecule has 0 radical (unpaired) electrons. The first-order chi connectivity index (χ1) is 8.16. The summed E-state index contributed by atoms with van der Waals surface area (Å²) in [7, 11) is 0. The van der Waals surface area contributed by atoms with Gasteiger partial charge < -0.3 is 15.7 Å². The molecule has 3 N–H and O–H groups in total. The quantitative estimate of drug-likeness (QED) is 0.688. The molecular weight excluding hydrogens is 218 g/mol. The third-order valence-corrected chi connectivity index (χ3v) is 2.91. The molecule has 5 heteroatoms. The lowest BCUT2D eigenvalue weighted by Crippen LogP contribution is -2.41. The maximum atomic E-state index is 11.9. The van der Waals surface area contributed by atoms with Gasteiger partial charge in [0.05, 0.1) is 23.9 Å². The molecule has 0 bridgehead atoms. The van der Waals surface area contributed by atoms with Crippen molar-refractivity contribution in [2.75, 3.05) is 6.54 Å². The van der Waals surface area contributed by atoms with Crippen LogP contribution in [0.2, 0.25) is 0 Å². The number of aromatic nitrogens is 1. The highest BCUT2D eigenvalue weighted by Gasteiger charge is 2.28. The van der Waals surface area contributed by atoms with Crippen LogP contribution in [0.4, 0.5) is 0 Å². The summed E-state index contributed by atoms with van der Waals surface area (Å²) in [5, 5.41) is 15.2. The normalized spacial score (nSPS) is 25.5. The third-order valence-electron chi connectivity index (χ3n) is 2.91. The number of nitrogens with one attached hydrogen (secondary N) is 2. The van der Waals surface area contributed by atoms with E-state index >= 15 is 0 Å². The van der Waals surface area contributed by atoms with Gasteiger partial charge in [-0.2, -0.15) is 0 Å². The van der Waals surface area contributed by atoms with E-state index in [1.165, 1.54) is 0 Å². The summed E-state index contributed by atoms with van der Waals surface area (Å²) in [5.41, 5.74) is 0.833. The average Bonchev–Trinajstić information content (AvgIpc) is 2.77. The standard InChI is InChI=1S/C12H17N3O2/c1-8(10-4-2-3-5-13-10)15-12(17)11-6-9(16)7-14-11/h2-5,8-9,11,14,16H,6-7H2,1H3,(H,15,17)/t8-,9?,11?/m0/s1. The van der Waals surface area contributed by atoms with E-state index in [-0.39, 0.29) is 18.0 Å². The van der Waals surface area contributed by atoms with Gasteiger partial charge in [-0.1, -0.05) is 6.07 Å². The zero-order valence-electron chi connectivity index (χ0n) is 9.76. The van der Waals surface area contributed by atoms with Crippen LogP contribution < -0.4 is 10.6 Å². The maximum absolute atomic E-state index is 11.9. The largest absolute Gasteiger partial charge is 0.392 e. The number of aliphatic hydroxyl groups is 1. The lowest BCUT2D eigenvalue weighted by atomic mass is 10.1. The van der Waals surface area contributed by atoms with E-state index < -0.39 is 6.10 Å². The van der Waals surface area contributed by atoms with Crippen molar-refractivity contribution in [2.45, 2.75) is 31.5 Å². The number of carbonyl (C=O) groups excluding carboxylic acids is 1. The average molecular weight is 235 g/mol. The number of rotatable bonds is 3. The predicted octanol–water partition coefficient (Wildman–Crippen LogP) is -0.0184. The Labute approximate surface area is 100 Å². The summed E-state index contributed by atoms with van der Waals surface area (Å²) in [5.74, 6) is -0.0836. The molecule has 2 unspecified atom stereocenters. The van der Waals surface area contributed by atoms with Crippen molar-refractivity contribution in [1.82, 2.24) is 15.6 Å². The molecule has 0 spiro atoms. The monoisotopic (exact) mass is 235 g/mol. The highest BCUT2D eigenvalue weighted by molar-refractivity contribution is 5.82. The van der Waals surface area contributed by atoms with Crippen molar-refractivity contribution in [3.05, 3.63) is 30.1 Å². The molecule has 0 saturated carbocycles. The summed E-state index contributed by atoms with van der Waals surface area (Å²) in [6.07, 6.45) is 1.76. The molecule has 1 fully saturated rings. The van der Waals surface area contributed by atoms with E-state index in [0.29, 0.717) is 13.0 Å². The fourth-order valence-corrected chi connectivity index (χ4v) is 1.94. The first-order valence-electron chi connectivity index (χ1n) is 5.79. The van der Waals surface area contributed by atoms with Crippen LogP contribution in [0.3, 0.4) is 0 Å². The number of amides is 1. The van der Waals surface area contributed by atoms with Crippen molar-refractivity contribution in [3.63, 3.8) is 0 Å². The minimum Gasteiger partial charge on any atom is -0.392 e. The second-order valence-electron chi connectivity index (χ2n) is 4.34. The van der Waals surface area contributed by atoms with Crippen LogP contribution in [0.15, 0.2) is 24.4 Å². The summed E-state index contributed by atoms with van der Waals surface area (Å²) < 4.78 is 0. The first kappa shape index (κ1) is 12.0. The van der Waals surface area contributed by atoms with E-state index in [0.717, 1.165) is 5.69 Å². The molecule has 0 aliphatic carbocycles. The Kier molecular flexibility index (Phi) is 3.71. The van der Waals surface area contributed by atoms with Gasteiger partial charge in [0.15, 0.2) is 0 Å². The summed E-state index contributed by atoms with van der Waals surface area (Å²) in [6, 6.07) is 5.19. The van der Waals surface area contributed by atoms with Gasteiger partial charge in [-0.3, -0.25) is 9.78 Å². The number of β-amino-alcohol motifs (C(OH)–C–C–N with tert-alkyl or cyclic N) is 1. The Morgan fingerprint density at radius 1 is 1.65 bits per heavy atom. The van der Waals surface area contributed by atoms with Crippen LogP contribution in [-0.2, 0) is 4.79 Å². The second kappa shape index (κ2) is 5.25. The van der Waals surface area contributed by atoms with Gasteiger partial charge in [0, 0.05) is 12.7 Å². The number of carbonyl (C=O) groups is 1. The van der Waals surface area contributed by atoms with E-state index in [1.54, 1.807) is 6.20 Å². The highest BCUT2D eigenvalue weighted by Crippen LogP contribution is 2.11. The van der Waals surface area contributed by atoms with Crippen molar-refractivity contribution in [2.24, 2.45) is 0 Å². The van der Waals surface area contributed by atoms with Gasteiger partial charge >= 0.3 is 0 Å². The highest BCUT2D eigenvalue weighted by atomic mass is 16.3. The SMILES string of the molecule is C[C@H](NC(=O)C1CC(O)CN1)c1ccccn1. The maximum Gasteiger partial charge on any atom is 0.237 e. The first-order valence-corrected chi connectivity index (χ1v) is 5.79. The molecule has 1 amide bonds. The Morgan fingerprint density at radius 2 is 2.47 bits per heavy atom. The lowest BCUT2D eigenvalue weighted by Gasteiger charge is -2.16. The van der Waals surface area contributed by atoms with Crippen LogP contribution in [0, 0.1) is 0 Å². The zero-order chi connectivity index (χ0) is 12.3. The van der Waals surface area contributed by atoms with Gasteiger partial charge in [0.2, 0.25) is 5.91 Å². The van der Waals surface area contributed by atoms with Gasteiger partial charge in [-0.25, -0.2) is 0 Å². The molecule has 5 nitrogen and oxygen atoms in total. The Balaban J connectivity index is 1.91. The van der Waals surface area contributed by atoms with E-state index in [1.807, 2.05) is 25.1 Å². The minimum absolute atomic E-state index is 0.0836. The van der Waals surface area contributed by atoms with Gasteiger partial charge in [-0.05, 0) is 25.5 Å². The molecule has 3 atom stereocenters. The Hall–Kier alpha value is -1.46. The number of pyridine rings is 1. The van der Waals surface area contributed by atoms with Gasteiger partial charge in [0.1, 0.15) is 0 Å². The molecule has 1 aliphatic rings. The van der Waals surface area contributed by atoms with Crippen LogP contribution in [0.5, 0.6) is 0 Å². The summed E-state index contributed by atoms with van der Waals surface area (Å²) >= 11 is 0. The van der Waals surface area contributed by atoms with Gasteiger partial charge in [0.25, 0.3) is 0 Å². The molecule has 2 rings (SSSR count). The van der Waals surface area contributed by atoms with E-state index in [4.69, 9.17) is 0 Å². The number of hydrogen-bond donors (Lipinski definition) is 3. The van der Waals surface area contributed by atoms with Crippen LogP contribution in [0.25, 0.3) is 0 Å². The number of hydrogen-bond acceptors (Lipinski definition) is 4. The van der Waals surface area contributed by atoms with Crippen molar-refractivity contribution in [1.29, 1.82) is 0 Å². The number of aliphatic hydroxyl groups excluding tert-OH is 1. The molecule has 1 aromatic rings. The van der Waals surface area contributed by atoms with Gasteiger partial charge in [-0.15, -0.1) is 0 Å². The van der Waals surface area contributed by atoms with Crippen molar-refractivity contribution >= 4 is 5.91 Å². The van der Waals surface area contributed by atoms with Crippen LogP contribution in [0.1, 0.15) is 25.1 Å². The minimum atomic E-state index is -0.420. The van der Waals surface area contributed by atoms with Crippen LogP contribution >= 0.6 is 0 Å². The molecule has 17 heavy (non-hydrogen) atoms. The fraction of sp³-hybridized carbons (Fsp3) is 0.500. The topological polar surface area (TPSA) is 74.2 Å². The van der Waals surface area contributed by atoms with Crippen LogP contribution in [-0.4, -0.2) is 34.7 Å². The van der Waals surface area contributed by atoms with Crippen molar-refractivity contribution in [3.8, 4) is 0 Å². The summed E-state index contributed by atoms with van der Waals surface area (Å²) in [4.78, 5) is 16.1. The van der Waals surface area contributed by atoms with Crippen molar-refractivity contribution < 1.29 is 9.90 Å². The second-order valence-corrected chi connectivity index (χ2v) is 4.34. The molecule has 0 aromatic carbocycles. The molecule has 92 valence electrons.